The molecular formula is C19H15F6N3O. The Morgan fingerprint density at radius 1 is 1.21 bits per heavy atom. The zero-order valence-electron chi connectivity index (χ0n) is 15.0. The summed E-state index contributed by atoms with van der Waals surface area (Å²) in [6, 6.07) is 6.97. The zero-order chi connectivity index (χ0) is 21.6. The number of fused-ring (bicyclic) bond motifs is 1. The average molecular weight is 415 g/mol. The van der Waals surface area contributed by atoms with Crippen LogP contribution >= 0.6 is 0 Å². The van der Waals surface area contributed by atoms with Crippen molar-refractivity contribution in [2.24, 2.45) is 5.73 Å². The normalized spacial score (nSPS) is 20.0. The Morgan fingerprint density at radius 3 is 2.31 bits per heavy atom. The standard InChI is InChI=1S/C19H15F6N3O/c1-17(8-27)9-29-16-12(17)6-14(13(7-26)19(23,24)25)28-15(16)10-2-4-11(5-3-10)18(20,21)22/h2-6,13H,7,9,26H2,1H3. The van der Waals surface area contributed by atoms with Crippen LogP contribution in [0.3, 0.4) is 0 Å². The quantitative estimate of drug-likeness (QED) is 0.747. The van der Waals surface area contributed by atoms with Gasteiger partial charge in [0.25, 0.3) is 0 Å². The van der Waals surface area contributed by atoms with Crippen LogP contribution in [0.2, 0.25) is 0 Å². The van der Waals surface area contributed by atoms with Crippen molar-refractivity contribution in [3.05, 3.63) is 47.2 Å². The number of alkyl halides is 6. The lowest BCUT2D eigenvalue weighted by atomic mass is 9.84. The van der Waals surface area contributed by atoms with Gasteiger partial charge in [-0.15, -0.1) is 0 Å². The van der Waals surface area contributed by atoms with E-state index in [9.17, 15) is 31.6 Å². The van der Waals surface area contributed by atoms with E-state index in [0.717, 1.165) is 30.3 Å². The summed E-state index contributed by atoms with van der Waals surface area (Å²) in [5.41, 5.74) is 3.03. The van der Waals surface area contributed by atoms with Gasteiger partial charge in [-0.3, -0.25) is 0 Å². The molecule has 1 aromatic heterocycles. The first-order valence-corrected chi connectivity index (χ1v) is 8.44. The molecule has 2 unspecified atom stereocenters. The molecular weight excluding hydrogens is 400 g/mol. The smallest absolute Gasteiger partial charge is 0.416 e. The first-order valence-electron chi connectivity index (χ1n) is 8.44. The maximum absolute atomic E-state index is 13.4. The van der Waals surface area contributed by atoms with Gasteiger partial charge in [-0.25, -0.2) is 4.98 Å². The molecule has 0 amide bonds. The van der Waals surface area contributed by atoms with Gasteiger partial charge in [-0.05, 0) is 25.1 Å². The summed E-state index contributed by atoms with van der Waals surface area (Å²) < 4.78 is 84.2. The Bertz CT molecular complexity index is 962. The molecule has 4 nitrogen and oxygen atoms in total. The molecule has 1 aliphatic heterocycles. The molecule has 0 fully saturated rings. The summed E-state index contributed by atoms with van der Waals surface area (Å²) in [7, 11) is 0. The number of nitrogens with two attached hydrogens (primary N) is 1. The van der Waals surface area contributed by atoms with Crippen molar-refractivity contribution < 1.29 is 31.1 Å². The maximum Gasteiger partial charge on any atom is 0.416 e. The second-order valence-electron chi connectivity index (χ2n) is 6.91. The van der Waals surface area contributed by atoms with Crippen molar-refractivity contribution in [3.63, 3.8) is 0 Å². The number of aromatic nitrogens is 1. The summed E-state index contributed by atoms with van der Waals surface area (Å²) >= 11 is 0. The molecule has 2 heterocycles. The summed E-state index contributed by atoms with van der Waals surface area (Å²) in [6.45, 7) is 0.618. The largest absolute Gasteiger partial charge is 0.489 e. The van der Waals surface area contributed by atoms with Crippen molar-refractivity contribution in [1.82, 2.24) is 4.98 Å². The Kier molecular flexibility index (Phi) is 4.99. The Balaban J connectivity index is 2.22. The highest BCUT2D eigenvalue weighted by Crippen LogP contribution is 2.46. The summed E-state index contributed by atoms with van der Waals surface area (Å²) in [4.78, 5) is 4.03. The molecule has 29 heavy (non-hydrogen) atoms. The molecule has 10 heteroatoms. The molecule has 0 saturated heterocycles. The van der Waals surface area contributed by atoms with Crippen LogP contribution in [0, 0.1) is 11.3 Å². The fourth-order valence-corrected chi connectivity index (χ4v) is 3.11. The van der Waals surface area contributed by atoms with Crippen LogP contribution in [0.25, 0.3) is 11.3 Å². The molecule has 1 aromatic carbocycles. The van der Waals surface area contributed by atoms with Crippen LogP contribution in [0.15, 0.2) is 30.3 Å². The van der Waals surface area contributed by atoms with Gasteiger partial charge in [-0.2, -0.15) is 31.6 Å². The van der Waals surface area contributed by atoms with Crippen LogP contribution in [0.1, 0.15) is 29.7 Å². The van der Waals surface area contributed by atoms with Crippen LogP contribution in [-0.2, 0) is 11.6 Å². The lowest BCUT2D eigenvalue weighted by Gasteiger charge is -2.21. The van der Waals surface area contributed by atoms with Crippen molar-refractivity contribution in [3.8, 4) is 23.1 Å². The molecule has 3 rings (SSSR count). The number of hydrogen-bond donors (Lipinski definition) is 1. The van der Waals surface area contributed by atoms with E-state index in [0.29, 0.717) is 0 Å². The van der Waals surface area contributed by atoms with Gasteiger partial charge in [0, 0.05) is 17.7 Å². The van der Waals surface area contributed by atoms with Gasteiger partial charge >= 0.3 is 12.4 Å². The summed E-state index contributed by atoms with van der Waals surface area (Å²) in [5, 5.41) is 9.48. The number of ether oxygens (including phenoxy) is 1. The Morgan fingerprint density at radius 2 is 1.83 bits per heavy atom. The second kappa shape index (κ2) is 6.91. The van der Waals surface area contributed by atoms with E-state index in [-0.39, 0.29) is 29.2 Å². The molecule has 2 aromatic rings. The molecule has 0 aliphatic carbocycles. The molecule has 1 aliphatic rings. The van der Waals surface area contributed by atoms with Gasteiger partial charge in [0.15, 0.2) is 5.75 Å². The van der Waals surface area contributed by atoms with Crippen molar-refractivity contribution in [2.45, 2.75) is 30.6 Å². The molecule has 0 spiro atoms. The summed E-state index contributed by atoms with van der Waals surface area (Å²) in [6.07, 6.45) is -9.25. The van der Waals surface area contributed by atoms with E-state index in [1.165, 1.54) is 6.92 Å². The van der Waals surface area contributed by atoms with E-state index in [4.69, 9.17) is 10.5 Å². The van der Waals surface area contributed by atoms with E-state index >= 15 is 0 Å². The predicted octanol–water partition coefficient (Wildman–Crippen LogP) is 4.55. The fourth-order valence-electron chi connectivity index (χ4n) is 3.11. The highest BCUT2D eigenvalue weighted by Gasteiger charge is 2.44. The van der Waals surface area contributed by atoms with E-state index in [2.05, 4.69) is 4.98 Å². The third kappa shape index (κ3) is 3.74. The zero-order valence-corrected chi connectivity index (χ0v) is 15.0. The SMILES string of the molecule is CC1(C#N)COc2c1cc(C(CN)C(F)(F)F)nc2-c1ccc(C(F)(F)F)cc1. The second-order valence-corrected chi connectivity index (χ2v) is 6.91. The molecule has 0 bridgehead atoms. The van der Waals surface area contributed by atoms with E-state index < -0.39 is 41.5 Å². The third-order valence-electron chi connectivity index (χ3n) is 4.81. The highest BCUT2D eigenvalue weighted by molar-refractivity contribution is 5.71. The number of benzene rings is 1. The summed E-state index contributed by atoms with van der Waals surface area (Å²) in [5.74, 6) is -2.01. The average Bonchev–Trinajstić information content (AvgIpc) is 2.98. The van der Waals surface area contributed by atoms with Gasteiger partial charge < -0.3 is 10.5 Å². The number of rotatable bonds is 3. The lowest BCUT2D eigenvalue weighted by Crippen LogP contribution is -2.29. The monoisotopic (exact) mass is 415 g/mol. The molecule has 2 atom stereocenters. The highest BCUT2D eigenvalue weighted by atomic mass is 19.4. The first-order chi connectivity index (χ1) is 13.4. The van der Waals surface area contributed by atoms with Crippen molar-refractivity contribution in [2.75, 3.05) is 13.2 Å². The number of nitriles is 1. The molecule has 0 radical (unpaired) electrons. The number of hydrogen-bond acceptors (Lipinski definition) is 4. The minimum atomic E-state index is -4.68. The number of halogens is 6. The minimum absolute atomic E-state index is 0.0621. The molecule has 154 valence electrons. The number of pyridine rings is 1. The Hall–Kier alpha value is -2.80. The fraction of sp³-hybridized carbons (Fsp3) is 0.368. The van der Waals surface area contributed by atoms with Crippen LogP contribution in [-0.4, -0.2) is 24.3 Å². The minimum Gasteiger partial charge on any atom is -0.489 e. The van der Waals surface area contributed by atoms with Crippen LogP contribution < -0.4 is 10.5 Å². The van der Waals surface area contributed by atoms with E-state index in [1.54, 1.807) is 0 Å². The van der Waals surface area contributed by atoms with Gasteiger partial charge in [0.1, 0.15) is 23.6 Å². The Labute approximate surface area is 161 Å². The topological polar surface area (TPSA) is 71.9 Å². The lowest BCUT2D eigenvalue weighted by molar-refractivity contribution is -0.148. The van der Waals surface area contributed by atoms with Gasteiger partial charge in [0.05, 0.1) is 17.3 Å². The van der Waals surface area contributed by atoms with Crippen LogP contribution in [0.5, 0.6) is 5.75 Å². The van der Waals surface area contributed by atoms with Crippen molar-refractivity contribution in [1.29, 1.82) is 5.26 Å². The molecule has 0 saturated carbocycles. The maximum atomic E-state index is 13.4. The first kappa shape index (κ1) is 20.9. The molecule has 2 N–H and O–H groups in total. The van der Waals surface area contributed by atoms with Crippen LogP contribution in [0.4, 0.5) is 26.3 Å². The van der Waals surface area contributed by atoms with Gasteiger partial charge in [0.2, 0.25) is 0 Å². The van der Waals surface area contributed by atoms with Gasteiger partial charge in [-0.1, -0.05) is 12.1 Å². The number of nitrogens with zero attached hydrogens (tertiary/aromatic N) is 2. The van der Waals surface area contributed by atoms with E-state index in [1.807, 2.05) is 6.07 Å². The predicted molar refractivity (Wildman–Crippen MR) is 91.0 cm³/mol. The van der Waals surface area contributed by atoms with Crippen molar-refractivity contribution >= 4 is 0 Å². The third-order valence-corrected chi connectivity index (χ3v) is 4.81.